The number of hydrogen-bond donors (Lipinski definition) is 3. The first-order chi connectivity index (χ1) is 11.3. The maximum absolute atomic E-state index is 12.6. The summed E-state index contributed by atoms with van der Waals surface area (Å²) in [5, 5.41) is 6.01. The van der Waals surface area contributed by atoms with E-state index in [-0.39, 0.29) is 16.0 Å². The third-order valence-corrected chi connectivity index (χ3v) is 4.74. The summed E-state index contributed by atoms with van der Waals surface area (Å²) >= 11 is 5.03. The molecule has 1 aromatic carbocycles. The molecule has 0 aliphatic heterocycles. The van der Waals surface area contributed by atoms with Gasteiger partial charge in [0.05, 0.1) is 5.69 Å². The monoisotopic (exact) mass is 364 g/mol. The van der Waals surface area contributed by atoms with Gasteiger partial charge in [0.1, 0.15) is 4.90 Å². The summed E-state index contributed by atoms with van der Waals surface area (Å²) < 4.78 is 27.5. The Labute approximate surface area is 147 Å². The number of nitrogens with zero attached hydrogens (tertiary/aromatic N) is 1. The molecule has 8 heteroatoms. The molecule has 3 N–H and O–H groups in total. The van der Waals surface area contributed by atoms with Crippen molar-refractivity contribution in [3.63, 3.8) is 0 Å². The van der Waals surface area contributed by atoms with Crippen LogP contribution in [0.1, 0.15) is 19.4 Å². The van der Waals surface area contributed by atoms with Crippen LogP contribution < -0.4 is 15.4 Å². The lowest BCUT2D eigenvalue weighted by Gasteiger charge is -2.16. The van der Waals surface area contributed by atoms with Crippen molar-refractivity contribution in [3.05, 3.63) is 48.3 Å². The lowest BCUT2D eigenvalue weighted by Crippen LogP contribution is -2.42. The third kappa shape index (κ3) is 4.90. The summed E-state index contributed by atoms with van der Waals surface area (Å²) in [5.74, 6) is 0. The van der Waals surface area contributed by atoms with Crippen LogP contribution in [0, 0.1) is 6.92 Å². The van der Waals surface area contributed by atoms with E-state index in [1.165, 1.54) is 12.4 Å². The zero-order valence-corrected chi connectivity index (χ0v) is 15.3. The van der Waals surface area contributed by atoms with E-state index < -0.39 is 10.0 Å². The van der Waals surface area contributed by atoms with Crippen molar-refractivity contribution in [2.24, 2.45) is 0 Å². The van der Waals surface area contributed by atoms with Gasteiger partial charge in [-0.1, -0.05) is 12.1 Å². The molecule has 6 nitrogen and oxygen atoms in total. The summed E-state index contributed by atoms with van der Waals surface area (Å²) in [4.78, 5) is 3.94. The molecule has 2 aromatic rings. The molecule has 0 bridgehead atoms. The highest BCUT2D eigenvalue weighted by atomic mass is 32.2. The van der Waals surface area contributed by atoms with Gasteiger partial charge in [0.15, 0.2) is 5.11 Å². The number of benzene rings is 1. The minimum atomic E-state index is -3.84. The van der Waals surface area contributed by atoms with E-state index in [0.717, 1.165) is 11.3 Å². The Hall–Kier alpha value is -2.19. The molecule has 1 aromatic heterocycles. The topological polar surface area (TPSA) is 83.1 Å². The molecule has 0 radical (unpaired) electrons. The molecule has 1 heterocycles. The van der Waals surface area contributed by atoms with Crippen LogP contribution in [0.25, 0.3) is 0 Å². The number of aromatic nitrogens is 1. The second kappa shape index (κ2) is 7.59. The van der Waals surface area contributed by atoms with Crippen molar-refractivity contribution in [2.45, 2.75) is 31.7 Å². The molecule has 0 fully saturated rings. The fourth-order valence-electron chi connectivity index (χ4n) is 2.04. The fourth-order valence-corrected chi connectivity index (χ4v) is 3.63. The number of nitrogens with one attached hydrogen (secondary N) is 3. The minimum absolute atomic E-state index is 0.0268. The molecule has 128 valence electrons. The second-order valence-corrected chi connectivity index (χ2v) is 7.66. The third-order valence-electron chi connectivity index (χ3n) is 3.02. The van der Waals surface area contributed by atoms with E-state index in [0.29, 0.717) is 5.69 Å². The number of anilines is 2. The van der Waals surface area contributed by atoms with Gasteiger partial charge >= 0.3 is 0 Å². The van der Waals surface area contributed by atoms with E-state index in [9.17, 15) is 8.42 Å². The molecule has 24 heavy (non-hydrogen) atoms. The highest BCUT2D eigenvalue weighted by Crippen LogP contribution is 2.24. The summed E-state index contributed by atoms with van der Waals surface area (Å²) in [6.07, 6.45) is 2.82. The Balaban J connectivity index is 2.29. The maximum Gasteiger partial charge on any atom is 0.267 e. The molecule has 0 spiro atoms. The molecular weight excluding hydrogens is 344 g/mol. The first-order valence-electron chi connectivity index (χ1n) is 7.39. The van der Waals surface area contributed by atoms with Gasteiger partial charge in [-0.2, -0.15) is 0 Å². The predicted molar refractivity (Wildman–Crippen MR) is 99.9 cm³/mol. The van der Waals surface area contributed by atoms with Crippen molar-refractivity contribution < 1.29 is 8.42 Å². The van der Waals surface area contributed by atoms with Crippen LogP contribution in [0.15, 0.2) is 47.6 Å². The highest BCUT2D eigenvalue weighted by molar-refractivity contribution is 7.92. The Morgan fingerprint density at radius 1 is 1.25 bits per heavy atom. The van der Waals surface area contributed by atoms with Crippen LogP contribution in [-0.4, -0.2) is 24.6 Å². The van der Waals surface area contributed by atoms with Crippen LogP contribution in [0.3, 0.4) is 0 Å². The van der Waals surface area contributed by atoms with Gasteiger partial charge in [-0.05, 0) is 56.8 Å². The zero-order chi connectivity index (χ0) is 17.7. The Morgan fingerprint density at radius 2 is 2.00 bits per heavy atom. The Morgan fingerprint density at radius 3 is 2.67 bits per heavy atom. The molecule has 0 aliphatic carbocycles. The van der Waals surface area contributed by atoms with Gasteiger partial charge in [0.2, 0.25) is 0 Å². The largest absolute Gasteiger partial charge is 0.360 e. The van der Waals surface area contributed by atoms with Gasteiger partial charge < -0.3 is 10.6 Å². The number of rotatable bonds is 5. The van der Waals surface area contributed by atoms with Crippen LogP contribution in [0.5, 0.6) is 0 Å². The minimum Gasteiger partial charge on any atom is -0.360 e. The zero-order valence-electron chi connectivity index (χ0n) is 13.7. The van der Waals surface area contributed by atoms with E-state index in [2.05, 4.69) is 20.3 Å². The molecule has 0 aliphatic rings. The van der Waals surface area contributed by atoms with Crippen molar-refractivity contribution in [2.75, 3.05) is 5.32 Å². The predicted octanol–water partition coefficient (Wildman–Crippen LogP) is 2.69. The normalized spacial score (nSPS) is 11.2. The first kappa shape index (κ1) is 18.2. The van der Waals surface area contributed by atoms with Gasteiger partial charge in [0, 0.05) is 24.1 Å². The SMILES string of the molecule is Cc1cccc(Nc2ccncc2S(=O)(=O)NC(=S)NC(C)C)c1. The quantitative estimate of drug-likeness (QED) is 0.708. The van der Waals surface area contributed by atoms with Gasteiger partial charge in [-0.25, -0.2) is 8.42 Å². The van der Waals surface area contributed by atoms with Crippen LogP contribution in [0.4, 0.5) is 11.4 Å². The first-order valence-corrected chi connectivity index (χ1v) is 9.28. The molecule has 0 saturated heterocycles. The van der Waals surface area contributed by atoms with E-state index in [4.69, 9.17) is 12.2 Å². The van der Waals surface area contributed by atoms with Gasteiger partial charge in [-0.15, -0.1) is 0 Å². The maximum atomic E-state index is 12.6. The number of pyridine rings is 1. The summed E-state index contributed by atoms with van der Waals surface area (Å²) in [6, 6.07) is 9.28. The molecule has 0 saturated carbocycles. The molecule has 0 atom stereocenters. The van der Waals surface area contributed by atoms with E-state index in [1.54, 1.807) is 6.07 Å². The average Bonchev–Trinajstić information content (AvgIpc) is 2.46. The van der Waals surface area contributed by atoms with Crippen LogP contribution in [0.2, 0.25) is 0 Å². The lowest BCUT2D eigenvalue weighted by atomic mass is 10.2. The van der Waals surface area contributed by atoms with Gasteiger partial charge in [0.25, 0.3) is 10.0 Å². The standard InChI is InChI=1S/C16H20N4O2S2/c1-11(2)18-16(23)20-24(21,22)15-10-17-8-7-14(15)19-13-6-4-5-12(3)9-13/h4-11H,1-3H3,(H,17,19)(H2,18,20,23). The summed E-state index contributed by atoms with van der Waals surface area (Å²) in [6.45, 7) is 5.71. The molecule has 2 rings (SSSR count). The Kier molecular flexibility index (Phi) is 5.74. The highest BCUT2D eigenvalue weighted by Gasteiger charge is 2.20. The molecule has 0 amide bonds. The van der Waals surface area contributed by atoms with Gasteiger partial charge in [-0.3, -0.25) is 9.71 Å². The number of sulfonamides is 1. The summed E-state index contributed by atoms with van der Waals surface area (Å²) in [7, 11) is -3.84. The number of hydrogen-bond acceptors (Lipinski definition) is 5. The van der Waals surface area contributed by atoms with Crippen molar-refractivity contribution >= 4 is 38.7 Å². The molecular formula is C16H20N4O2S2. The smallest absolute Gasteiger partial charge is 0.267 e. The number of aryl methyl sites for hydroxylation is 1. The average molecular weight is 364 g/mol. The lowest BCUT2D eigenvalue weighted by molar-refractivity contribution is 0.591. The second-order valence-electron chi connectivity index (χ2n) is 5.60. The van der Waals surface area contributed by atoms with Crippen LogP contribution >= 0.6 is 12.2 Å². The van der Waals surface area contributed by atoms with Crippen molar-refractivity contribution in [3.8, 4) is 0 Å². The number of thiocarbonyl (C=S) groups is 1. The Bertz CT molecular complexity index is 835. The van der Waals surface area contributed by atoms with E-state index in [1.807, 2.05) is 45.0 Å². The van der Waals surface area contributed by atoms with Crippen molar-refractivity contribution in [1.82, 2.24) is 15.0 Å². The van der Waals surface area contributed by atoms with Crippen molar-refractivity contribution in [1.29, 1.82) is 0 Å². The fraction of sp³-hybridized carbons (Fsp3) is 0.250. The van der Waals surface area contributed by atoms with E-state index >= 15 is 0 Å². The summed E-state index contributed by atoms with van der Waals surface area (Å²) in [5.41, 5.74) is 2.29. The molecule has 0 unspecified atom stereocenters. The van der Waals surface area contributed by atoms with Crippen LogP contribution in [-0.2, 0) is 10.0 Å².